The van der Waals surface area contributed by atoms with Crippen molar-refractivity contribution < 1.29 is 14.3 Å². The number of hydrogen-bond acceptors (Lipinski definition) is 3. The van der Waals surface area contributed by atoms with E-state index in [2.05, 4.69) is 17.2 Å². The maximum absolute atomic E-state index is 12.5. The summed E-state index contributed by atoms with van der Waals surface area (Å²) >= 11 is 0. The Morgan fingerprint density at radius 2 is 1.92 bits per heavy atom. The molecule has 0 saturated heterocycles. The van der Waals surface area contributed by atoms with Crippen molar-refractivity contribution in [3.05, 3.63) is 77.9 Å². The summed E-state index contributed by atoms with van der Waals surface area (Å²) in [7, 11) is 1.60. The number of anilines is 1. The molecule has 0 bridgehead atoms. The summed E-state index contributed by atoms with van der Waals surface area (Å²) in [6.45, 7) is 4.36. The molecule has 0 aromatic heterocycles. The molecule has 0 fully saturated rings. The summed E-state index contributed by atoms with van der Waals surface area (Å²) in [6, 6.07) is 14.0. The number of carbonyl (C=O) groups is 2. The largest absolute Gasteiger partial charge is 0.380 e. The minimum Gasteiger partial charge on any atom is -0.380 e. The van der Waals surface area contributed by atoms with Gasteiger partial charge in [0.1, 0.15) is 0 Å². The first-order valence-electron chi connectivity index (χ1n) is 7.53. The minimum atomic E-state index is -0.281. The molecule has 2 amide bonds. The van der Waals surface area contributed by atoms with Crippen LogP contribution >= 0.6 is 0 Å². The van der Waals surface area contributed by atoms with Crippen molar-refractivity contribution in [1.82, 2.24) is 5.32 Å². The van der Waals surface area contributed by atoms with Gasteiger partial charge >= 0.3 is 0 Å². The van der Waals surface area contributed by atoms with Crippen LogP contribution in [0.3, 0.4) is 0 Å². The second-order valence-corrected chi connectivity index (χ2v) is 5.13. The Morgan fingerprint density at radius 1 is 1.12 bits per heavy atom. The molecule has 5 nitrogen and oxygen atoms in total. The third kappa shape index (κ3) is 4.54. The average Bonchev–Trinajstić information content (AvgIpc) is 2.60. The summed E-state index contributed by atoms with van der Waals surface area (Å²) in [5.41, 5.74) is 2.27. The number of nitrogens with one attached hydrogen (secondary N) is 2. The Balaban J connectivity index is 2.18. The van der Waals surface area contributed by atoms with Crippen molar-refractivity contribution >= 4 is 17.5 Å². The number of methoxy groups -OCH3 is 1. The SMILES string of the molecule is C=CCNC(=O)c1ccccc1NC(=O)c1cccc(COC)c1. The fraction of sp³-hybridized carbons (Fsp3) is 0.158. The fourth-order valence-corrected chi connectivity index (χ4v) is 2.21. The van der Waals surface area contributed by atoms with Gasteiger partial charge in [-0.2, -0.15) is 0 Å². The van der Waals surface area contributed by atoms with Crippen LogP contribution in [0.25, 0.3) is 0 Å². The van der Waals surface area contributed by atoms with Crippen LogP contribution in [0.2, 0.25) is 0 Å². The summed E-state index contributed by atoms with van der Waals surface area (Å²) in [6.07, 6.45) is 1.60. The smallest absolute Gasteiger partial charge is 0.255 e. The third-order valence-corrected chi connectivity index (χ3v) is 3.33. The minimum absolute atomic E-state index is 0.265. The van der Waals surface area contributed by atoms with Crippen LogP contribution in [-0.2, 0) is 11.3 Å². The Bertz CT molecular complexity index is 741. The van der Waals surface area contributed by atoms with Crippen molar-refractivity contribution in [1.29, 1.82) is 0 Å². The molecule has 2 N–H and O–H groups in total. The van der Waals surface area contributed by atoms with Gasteiger partial charge in [-0.1, -0.05) is 30.3 Å². The highest BCUT2D eigenvalue weighted by Gasteiger charge is 2.13. The van der Waals surface area contributed by atoms with Crippen LogP contribution < -0.4 is 10.6 Å². The van der Waals surface area contributed by atoms with Crippen LogP contribution in [0.4, 0.5) is 5.69 Å². The molecule has 0 spiro atoms. The molecule has 0 aliphatic heterocycles. The predicted octanol–water partition coefficient (Wildman–Crippen LogP) is 3.00. The number of hydrogen-bond donors (Lipinski definition) is 2. The zero-order valence-electron chi connectivity index (χ0n) is 13.5. The maximum Gasteiger partial charge on any atom is 0.255 e. The Morgan fingerprint density at radius 3 is 2.67 bits per heavy atom. The monoisotopic (exact) mass is 324 g/mol. The van der Waals surface area contributed by atoms with E-state index in [9.17, 15) is 9.59 Å². The molecule has 0 heterocycles. The van der Waals surface area contributed by atoms with Crippen molar-refractivity contribution in [2.24, 2.45) is 0 Å². The second kappa shape index (κ2) is 8.64. The molecule has 0 aliphatic carbocycles. The Kier molecular flexibility index (Phi) is 6.28. The zero-order chi connectivity index (χ0) is 17.4. The van der Waals surface area contributed by atoms with Gasteiger partial charge in [0, 0.05) is 19.2 Å². The molecular formula is C19H20N2O3. The van der Waals surface area contributed by atoms with E-state index >= 15 is 0 Å². The molecular weight excluding hydrogens is 304 g/mol. The van der Waals surface area contributed by atoms with Gasteiger partial charge in [0.15, 0.2) is 0 Å². The molecule has 0 unspecified atom stereocenters. The summed E-state index contributed by atoms with van der Waals surface area (Å²) in [5, 5.41) is 5.49. The summed E-state index contributed by atoms with van der Waals surface area (Å²) in [5.74, 6) is -0.546. The lowest BCUT2D eigenvalue weighted by Gasteiger charge is -2.11. The molecule has 2 aromatic carbocycles. The van der Waals surface area contributed by atoms with Crippen molar-refractivity contribution in [2.75, 3.05) is 19.0 Å². The third-order valence-electron chi connectivity index (χ3n) is 3.33. The van der Waals surface area contributed by atoms with Crippen molar-refractivity contribution in [3.63, 3.8) is 0 Å². The van der Waals surface area contributed by atoms with Crippen molar-refractivity contribution in [3.8, 4) is 0 Å². The number of ether oxygens (including phenoxy) is 1. The van der Waals surface area contributed by atoms with Gasteiger partial charge in [-0.15, -0.1) is 6.58 Å². The topological polar surface area (TPSA) is 67.4 Å². The van der Waals surface area contributed by atoms with Crippen LogP contribution in [0.15, 0.2) is 61.2 Å². The van der Waals surface area contributed by atoms with Crippen LogP contribution in [0.5, 0.6) is 0 Å². The van der Waals surface area contributed by atoms with E-state index in [0.717, 1.165) is 5.56 Å². The lowest BCUT2D eigenvalue weighted by atomic mass is 10.1. The molecule has 0 saturated carbocycles. The van der Waals surface area contributed by atoms with Gasteiger partial charge in [0.25, 0.3) is 11.8 Å². The normalized spacial score (nSPS) is 10.0. The molecule has 2 rings (SSSR count). The van der Waals surface area contributed by atoms with Crippen LogP contribution in [0.1, 0.15) is 26.3 Å². The van der Waals surface area contributed by atoms with E-state index in [1.807, 2.05) is 6.07 Å². The van der Waals surface area contributed by atoms with E-state index in [1.54, 1.807) is 55.7 Å². The highest BCUT2D eigenvalue weighted by Crippen LogP contribution is 2.17. The second-order valence-electron chi connectivity index (χ2n) is 5.13. The first-order valence-corrected chi connectivity index (χ1v) is 7.53. The number of rotatable bonds is 7. The van der Waals surface area contributed by atoms with Crippen LogP contribution in [-0.4, -0.2) is 25.5 Å². The number of amides is 2. The predicted molar refractivity (Wildman–Crippen MR) is 94.1 cm³/mol. The Labute approximate surface area is 141 Å². The van der Waals surface area contributed by atoms with Crippen LogP contribution in [0, 0.1) is 0 Å². The average molecular weight is 324 g/mol. The van der Waals surface area contributed by atoms with Gasteiger partial charge < -0.3 is 15.4 Å². The van der Waals surface area contributed by atoms with Gasteiger partial charge in [-0.25, -0.2) is 0 Å². The number of para-hydroxylation sites is 1. The van der Waals surface area contributed by atoms with E-state index in [0.29, 0.717) is 30.0 Å². The van der Waals surface area contributed by atoms with Gasteiger partial charge in [0.05, 0.1) is 17.9 Å². The fourth-order valence-electron chi connectivity index (χ4n) is 2.21. The Hall–Kier alpha value is -2.92. The maximum atomic E-state index is 12.5. The summed E-state index contributed by atoms with van der Waals surface area (Å²) in [4.78, 5) is 24.6. The highest BCUT2D eigenvalue weighted by molar-refractivity contribution is 6.09. The number of carbonyl (C=O) groups excluding carboxylic acids is 2. The van der Waals surface area contributed by atoms with E-state index in [4.69, 9.17) is 4.74 Å². The van der Waals surface area contributed by atoms with Crippen molar-refractivity contribution in [2.45, 2.75) is 6.61 Å². The van der Waals surface area contributed by atoms with Gasteiger partial charge in [0.2, 0.25) is 0 Å². The molecule has 0 atom stereocenters. The standard InChI is InChI=1S/C19H20N2O3/c1-3-11-20-19(23)16-9-4-5-10-17(16)21-18(22)15-8-6-7-14(12-15)13-24-2/h3-10,12H,1,11,13H2,2H3,(H,20,23)(H,21,22). The van der Waals surface area contributed by atoms with E-state index in [1.165, 1.54) is 0 Å². The van der Waals surface area contributed by atoms with E-state index in [-0.39, 0.29) is 11.8 Å². The molecule has 2 aromatic rings. The quantitative estimate of drug-likeness (QED) is 0.769. The lowest BCUT2D eigenvalue weighted by molar-refractivity contribution is 0.0959. The highest BCUT2D eigenvalue weighted by atomic mass is 16.5. The number of benzene rings is 2. The molecule has 124 valence electrons. The van der Waals surface area contributed by atoms with E-state index < -0.39 is 0 Å². The molecule has 5 heteroatoms. The first-order chi connectivity index (χ1) is 11.7. The zero-order valence-corrected chi connectivity index (χ0v) is 13.5. The molecule has 0 radical (unpaired) electrons. The van der Waals surface area contributed by atoms with Gasteiger partial charge in [-0.05, 0) is 29.8 Å². The lowest BCUT2D eigenvalue weighted by Crippen LogP contribution is -2.25. The first kappa shape index (κ1) is 17.4. The molecule has 24 heavy (non-hydrogen) atoms. The molecule has 0 aliphatic rings. The summed E-state index contributed by atoms with van der Waals surface area (Å²) < 4.78 is 5.08. The van der Waals surface area contributed by atoms with Gasteiger partial charge in [-0.3, -0.25) is 9.59 Å².